The second-order valence-electron chi connectivity index (χ2n) is 7.35. The van der Waals surface area contributed by atoms with Crippen LogP contribution in [-0.4, -0.2) is 27.9 Å². The van der Waals surface area contributed by atoms with Crippen molar-refractivity contribution in [3.63, 3.8) is 0 Å². The zero-order valence-corrected chi connectivity index (χ0v) is 16.4. The molecule has 28 heavy (non-hydrogen) atoms. The summed E-state index contributed by atoms with van der Waals surface area (Å²) in [6, 6.07) is 5.47. The minimum Gasteiger partial charge on any atom is -0.478 e. The zero-order valence-electron chi connectivity index (χ0n) is 15.7. The van der Waals surface area contributed by atoms with Gasteiger partial charge in [0.15, 0.2) is 0 Å². The highest BCUT2D eigenvalue weighted by molar-refractivity contribution is 6.33. The van der Waals surface area contributed by atoms with Crippen LogP contribution in [0, 0.1) is 11.6 Å². The maximum Gasteiger partial charge on any atom is 0.338 e. The number of nitrogens with zero attached hydrogens (tertiary/aromatic N) is 1. The Labute approximate surface area is 166 Å². The molecule has 2 aromatic carbocycles. The van der Waals surface area contributed by atoms with Gasteiger partial charge in [0, 0.05) is 6.04 Å². The van der Waals surface area contributed by atoms with E-state index < -0.39 is 29.2 Å². The van der Waals surface area contributed by atoms with Gasteiger partial charge in [0.05, 0.1) is 22.2 Å². The van der Waals surface area contributed by atoms with E-state index in [1.165, 1.54) is 24.3 Å². The molecule has 0 spiro atoms. The van der Waals surface area contributed by atoms with Crippen LogP contribution in [-0.2, 0) is 0 Å². The number of carbonyl (C=O) groups is 2. The van der Waals surface area contributed by atoms with E-state index in [0.717, 1.165) is 6.07 Å². The molecular formula is C21H20ClF2NO3. The SMILES string of the molecule is CC(C)N(C(=O)c1ccc(F)cc1Cl)C1C[C@@H](C)c2cc(F)c(C(=O)O)cc21. The minimum atomic E-state index is -1.36. The number of aromatic carboxylic acids is 1. The molecule has 1 amide bonds. The van der Waals surface area contributed by atoms with Crippen molar-refractivity contribution in [1.29, 1.82) is 0 Å². The highest BCUT2D eigenvalue weighted by Gasteiger charge is 2.38. The van der Waals surface area contributed by atoms with Gasteiger partial charge < -0.3 is 10.0 Å². The minimum absolute atomic E-state index is 0.00671. The molecule has 0 radical (unpaired) electrons. The van der Waals surface area contributed by atoms with Crippen molar-refractivity contribution in [3.05, 3.63) is 69.2 Å². The molecule has 148 valence electrons. The highest BCUT2D eigenvalue weighted by Crippen LogP contribution is 2.45. The number of fused-ring (bicyclic) bond motifs is 1. The van der Waals surface area contributed by atoms with Gasteiger partial charge in [-0.25, -0.2) is 13.6 Å². The molecule has 3 rings (SSSR count). The third-order valence-corrected chi connectivity index (χ3v) is 5.47. The fraction of sp³-hybridized carbons (Fsp3) is 0.333. The number of amides is 1. The largest absolute Gasteiger partial charge is 0.478 e. The van der Waals surface area contributed by atoms with Crippen molar-refractivity contribution >= 4 is 23.5 Å². The molecule has 0 fully saturated rings. The van der Waals surface area contributed by atoms with Crippen LogP contribution in [0.2, 0.25) is 5.02 Å². The Balaban J connectivity index is 2.09. The standard InChI is InChI=1S/C21H20ClF2NO3/c1-10(2)25(20(26)13-5-4-12(23)7-17(13)22)19-6-11(3)14-9-18(24)16(21(27)28)8-15(14)19/h4-5,7-11,19H,6H2,1-3H3,(H,27,28)/t11-,19?/m1/s1. The van der Waals surface area contributed by atoms with Gasteiger partial charge in [-0.15, -0.1) is 0 Å². The van der Waals surface area contributed by atoms with E-state index in [1.807, 2.05) is 20.8 Å². The summed E-state index contributed by atoms with van der Waals surface area (Å²) in [6.07, 6.45) is 0.528. The first-order chi connectivity index (χ1) is 13.1. The third kappa shape index (κ3) is 3.49. The predicted molar refractivity (Wildman–Crippen MR) is 102 cm³/mol. The molecule has 1 aliphatic carbocycles. The highest BCUT2D eigenvalue weighted by atomic mass is 35.5. The molecule has 1 aliphatic rings. The van der Waals surface area contributed by atoms with Gasteiger partial charge >= 0.3 is 5.97 Å². The number of hydrogen-bond acceptors (Lipinski definition) is 2. The predicted octanol–water partition coefficient (Wildman–Crippen LogP) is 5.42. The van der Waals surface area contributed by atoms with Crippen molar-refractivity contribution < 1.29 is 23.5 Å². The van der Waals surface area contributed by atoms with E-state index in [0.29, 0.717) is 17.5 Å². The fourth-order valence-electron chi connectivity index (χ4n) is 3.87. The Morgan fingerprint density at radius 2 is 1.82 bits per heavy atom. The number of carbonyl (C=O) groups excluding carboxylic acids is 1. The maximum absolute atomic E-state index is 14.2. The lowest BCUT2D eigenvalue weighted by molar-refractivity contribution is 0.0602. The van der Waals surface area contributed by atoms with Crippen LogP contribution in [0.3, 0.4) is 0 Å². The molecule has 2 aromatic rings. The summed E-state index contributed by atoms with van der Waals surface area (Å²) in [5, 5.41) is 9.28. The average molecular weight is 408 g/mol. The molecule has 0 bridgehead atoms. The maximum atomic E-state index is 14.2. The van der Waals surface area contributed by atoms with E-state index in [-0.39, 0.29) is 28.5 Å². The molecule has 0 heterocycles. The molecular weight excluding hydrogens is 388 g/mol. The van der Waals surface area contributed by atoms with Crippen molar-refractivity contribution in [2.24, 2.45) is 0 Å². The summed E-state index contributed by atoms with van der Waals surface area (Å²) >= 11 is 6.08. The number of benzene rings is 2. The Morgan fingerprint density at radius 3 is 2.39 bits per heavy atom. The molecule has 0 aromatic heterocycles. The number of rotatable bonds is 4. The quantitative estimate of drug-likeness (QED) is 0.736. The molecule has 2 atom stereocenters. The number of carboxylic acid groups (broad SMARTS) is 1. The molecule has 0 saturated heterocycles. The van der Waals surface area contributed by atoms with Gasteiger partial charge in [0.1, 0.15) is 11.6 Å². The second kappa shape index (κ2) is 7.51. The van der Waals surface area contributed by atoms with Crippen molar-refractivity contribution in [3.8, 4) is 0 Å². The molecule has 0 aliphatic heterocycles. The van der Waals surface area contributed by atoms with Gasteiger partial charge in [-0.2, -0.15) is 0 Å². The van der Waals surface area contributed by atoms with Crippen LogP contribution < -0.4 is 0 Å². The smallest absolute Gasteiger partial charge is 0.338 e. The normalized spacial score (nSPS) is 18.2. The summed E-state index contributed by atoms with van der Waals surface area (Å²) in [5.41, 5.74) is 1.05. The Bertz CT molecular complexity index is 961. The molecule has 4 nitrogen and oxygen atoms in total. The lowest BCUT2D eigenvalue weighted by Gasteiger charge is -2.34. The topological polar surface area (TPSA) is 57.6 Å². The van der Waals surface area contributed by atoms with E-state index in [1.54, 1.807) is 4.90 Å². The van der Waals surface area contributed by atoms with Crippen LogP contribution in [0.25, 0.3) is 0 Å². The summed E-state index contributed by atoms with van der Waals surface area (Å²) in [5.74, 6) is -3.12. The first kappa shape index (κ1) is 20.3. The first-order valence-electron chi connectivity index (χ1n) is 8.96. The Hall–Kier alpha value is -2.47. The monoisotopic (exact) mass is 407 g/mol. The van der Waals surface area contributed by atoms with Crippen LogP contribution in [0.15, 0.2) is 30.3 Å². The van der Waals surface area contributed by atoms with Crippen LogP contribution in [0.1, 0.15) is 71.0 Å². The molecule has 7 heteroatoms. The van der Waals surface area contributed by atoms with Gasteiger partial charge in [-0.1, -0.05) is 18.5 Å². The van der Waals surface area contributed by atoms with Crippen molar-refractivity contribution in [2.45, 2.75) is 45.2 Å². The van der Waals surface area contributed by atoms with Crippen LogP contribution in [0.5, 0.6) is 0 Å². The average Bonchev–Trinajstić information content (AvgIpc) is 2.89. The van der Waals surface area contributed by atoms with E-state index in [4.69, 9.17) is 11.6 Å². The van der Waals surface area contributed by atoms with Gasteiger partial charge in [-0.05, 0) is 67.6 Å². The number of hydrogen-bond donors (Lipinski definition) is 1. The Kier molecular flexibility index (Phi) is 5.44. The molecule has 1 N–H and O–H groups in total. The first-order valence-corrected chi connectivity index (χ1v) is 9.34. The number of halogens is 3. The summed E-state index contributed by atoms with van der Waals surface area (Å²) < 4.78 is 27.5. The second-order valence-corrected chi connectivity index (χ2v) is 7.76. The van der Waals surface area contributed by atoms with Crippen LogP contribution in [0.4, 0.5) is 8.78 Å². The van der Waals surface area contributed by atoms with Crippen LogP contribution >= 0.6 is 11.6 Å². The zero-order chi connectivity index (χ0) is 20.7. The molecule has 1 unspecified atom stereocenters. The van der Waals surface area contributed by atoms with Crippen molar-refractivity contribution in [1.82, 2.24) is 4.90 Å². The lowest BCUT2D eigenvalue weighted by atomic mass is 10.00. The third-order valence-electron chi connectivity index (χ3n) is 5.16. The summed E-state index contributed by atoms with van der Waals surface area (Å²) in [7, 11) is 0. The molecule has 0 saturated carbocycles. The van der Waals surface area contributed by atoms with E-state index in [2.05, 4.69) is 0 Å². The Morgan fingerprint density at radius 1 is 1.14 bits per heavy atom. The van der Waals surface area contributed by atoms with Gasteiger partial charge in [0.2, 0.25) is 0 Å². The van der Waals surface area contributed by atoms with E-state index >= 15 is 0 Å². The summed E-state index contributed by atoms with van der Waals surface area (Å²) in [4.78, 5) is 26.2. The lowest BCUT2D eigenvalue weighted by Crippen LogP contribution is -2.39. The van der Waals surface area contributed by atoms with Gasteiger partial charge in [0.25, 0.3) is 5.91 Å². The van der Waals surface area contributed by atoms with Crippen molar-refractivity contribution in [2.75, 3.05) is 0 Å². The van der Waals surface area contributed by atoms with Gasteiger partial charge in [-0.3, -0.25) is 4.79 Å². The van der Waals surface area contributed by atoms with E-state index in [9.17, 15) is 23.5 Å². The summed E-state index contributed by atoms with van der Waals surface area (Å²) in [6.45, 7) is 5.58. The fourth-order valence-corrected chi connectivity index (χ4v) is 4.12. The number of carboxylic acids is 1.